The average molecular weight is 445 g/mol. The van der Waals surface area contributed by atoms with Crippen LogP contribution >= 0.6 is 12.2 Å². The lowest BCUT2D eigenvalue weighted by molar-refractivity contribution is -0.129. The van der Waals surface area contributed by atoms with Gasteiger partial charge in [-0.2, -0.15) is 0 Å². The van der Waals surface area contributed by atoms with E-state index >= 15 is 0 Å². The summed E-state index contributed by atoms with van der Waals surface area (Å²) in [5, 5.41) is 2.43. The summed E-state index contributed by atoms with van der Waals surface area (Å²) in [6, 6.07) is 10.2. The van der Waals surface area contributed by atoms with Crippen LogP contribution in [0.1, 0.15) is 35.9 Å². The van der Waals surface area contributed by atoms with Crippen molar-refractivity contribution in [1.29, 1.82) is 0 Å². The van der Waals surface area contributed by atoms with E-state index in [1.807, 2.05) is 6.92 Å². The molecule has 2 heterocycles. The van der Waals surface area contributed by atoms with Gasteiger partial charge in [0.2, 0.25) is 11.8 Å². The molecular weight excluding hydrogens is 420 g/mol. The van der Waals surface area contributed by atoms with Gasteiger partial charge in [-0.15, -0.1) is 0 Å². The van der Waals surface area contributed by atoms with Gasteiger partial charge in [-0.05, 0) is 49.0 Å². The minimum Gasteiger partial charge on any atom is -0.494 e. The zero-order chi connectivity index (χ0) is 22.2. The largest absolute Gasteiger partial charge is 0.494 e. The Labute approximate surface area is 185 Å². The Morgan fingerprint density at radius 2 is 2.10 bits per heavy atom. The van der Waals surface area contributed by atoms with Crippen molar-refractivity contribution in [2.75, 3.05) is 13.2 Å². The third kappa shape index (κ3) is 6.29. The molecule has 164 valence electrons. The molecule has 10 heteroatoms. The summed E-state index contributed by atoms with van der Waals surface area (Å²) < 4.78 is 10.8. The number of amides is 3. The number of nitrogens with one attached hydrogen (secondary N) is 3. The van der Waals surface area contributed by atoms with E-state index in [9.17, 15) is 14.4 Å². The van der Waals surface area contributed by atoms with Crippen LogP contribution in [0.3, 0.4) is 0 Å². The Bertz CT molecular complexity index is 947. The molecule has 1 aliphatic rings. The van der Waals surface area contributed by atoms with Crippen molar-refractivity contribution in [1.82, 2.24) is 21.1 Å². The van der Waals surface area contributed by atoms with Gasteiger partial charge in [0.15, 0.2) is 5.11 Å². The smallest absolute Gasteiger partial charge is 0.257 e. The number of rotatable bonds is 7. The van der Waals surface area contributed by atoms with Gasteiger partial charge in [0.25, 0.3) is 5.91 Å². The van der Waals surface area contributed by atoms with Crippen LogP contribution in [0.25, 0.3) is 0 Å². The topological polar surface area (TPSA) is 113 Å². The number of likely N-dealkylation sites (tertiary alicyclic amines) is 1. The Kier molecular flexibility index (Phi) is 7.60. The van der Waals surface area contributed by atoms with Gasteiger partial charge in [0, 0.05) is 18.5 Å². The first-order chi connectivity index (χ1) is 15.0. The SMILES string of the molecule is CCCOc1cccc(C(=O)NC(=S)NNC(=O)C2CC(=O)N(Cc3ccco3)C2)c1. The molecule has 0 aliphatic carbocycles. The van der Waals surface area contributed by atoms with Crippen molar-refractivity contribution in [3.63, 3.8) is 0 Å². The molecule has 2 aromatic rings. The highest BCUT2D eigenvalue weighted by molar-refractivity contribution is 7.80. The standard InChI is InChI=1S/C21H24N4O5S/c1-2-8-29-16-6-3-5-14(10-16)19(27)22-21(31)24-23-20(28)15-11-18(26)25(12-15)13-17-7-4-9-30-17/h3-7,9-10,15H,2,8,11-13H2,1H3,(H,23,28)(H2,22,24,27,31). The van der Waals surface area contributed by atoms with Gasteiger partial charge in [-0.3, -0.25) is 30.6 Å². The highest BCUT2D eigenvalue weighted by atomic mass is 32.1. The summed E-state index contributed by atoms with van der Waals surface area (Å²) in [6.07, 6.45) is 2.49. The van der Waals surface area contributed by atoms with Gasteiger partial charge >= 0.3 is 0 Å². The van der Waals surface area contributed by atoms with Crippen LogP contribution in [0.4, 0.5) is 0 Å². The maximum Gasteiger partial charge on any atom is 0.257 e. The Hall–Kier alpha value is -3.40. The molecule has 0 bridgehead atoms. The normalized spacial score (nSPS) is 15.5. The minimum absolute atomic E-state index is 0.0602. The molecule has 1 atom stereocenters. The van der Waals surface area contributed by atoms with Crippen LogP contribution in [-0.4, -0.2) is 40.9 Å². The van der Waals surface area contributed by atoms with E-state index in [0.29, 0.717) is 30.2 Å². The van der Waals surface area contributed by atoms with Crippen LogP contribution in [0.15, 0.2) is 47.1 Å². The number of hydrogen-bond acceptors (Lipinski definition) is 6. The number of furan rings is 1. The van der Waals surface area contributed by atoms with E-state index in [4.69, 9.17) is 21.4 Å². The molecule has 1 fully saturated rings. The lowest BCUT2D eigenvalue weighted by atomic mass is 10.1. The molecule has 3 amide bonds. The second kappa shape index (κ2) is 10.6. The van der Waals surface area contributed by atoms with E-state index in [0.717, 1.165) is 6.42 Å². The number of hydrogen-bond donors (Lipinski definition) is 3. The Balaban J connectivity index is 1.44. The van der Waals surface area contributed by atoms with E-state index in [1.54, 1.807) is 41.3 Å². The first-order valence-corrected chi connectivity index (χ1v) is 10.3. The Morgan fingerprint density at radius 1 is 1.26 bits per heavy atom. The lowest BCUT2D eigenvalue weighted by Gasteiger charge is -2.16. The highest BCUT2D eigenvalue weighted by Gasteiger charge is 2.34. The van der Waals surface area contributed by atoms with E-state index in [-0.39, 0.29) is 29.9 Å². The number of carbonyl (C=O) groups excluding carboxylic acids is 3. The molecule has 0 spiro atoms. The number of carbonyl (C=O) groups is 3. The monoisotopic (exact) mass is 444 g/mol. The number of ether oxygens (including phenoxy) is 1. The number of thiocarbonyl (C=S) groups is 1. The van der Waals surface area contributed by atoms with Crippen molar-refractivity contribution in [2.45, 2.75) is 26.3 Å². The molecule has 1 aromatic heterocycles. The third-order valence-electron chi connectivity index (χ3n) is 4.61. The van der Waals surface area contributed by atoms with Crippen LogP contribution in [0, 0.1) is 5.92 Å². The summed E-state index contributed by atoms with van der Waals surface area (Å²) >= 11 is 5.07. The van der Waals surface area contributed by atoms with Crippen molar-refractivity contribution < 1.29 is 23.5 Å². The molecule has 9 nitrogen and oxygen atoms in total. The van der Waals surface area contributed by atoms with Crippen LogP contribution in [0.5, 0.6) is 5.75 Å². The predicted octanol–water partition coefficient (Wildman–Crippen LogP) is 1.75. The summed E-state index contributed by atoms with van der Waals surface area (Å²) in [4.78, 5) is 38.4. The van der Waals surface area contributed by atoms with Gasteiger partial charge in [0.1, 0.15) is 11.5 Å². The molecule has 3 rings (SSSR count). The van der Waals surface area contributed by atoms with Crippen molar-refractivity contribution in [3.8, 4) is 5.75 Å². The van der Waals surface area contributed by atoms with E-state index in [2.05, 4.69) is 16.2 Å². The minimum atomic E-state index is -0.527. The van der Waals surface area contributed by atoms with Crippen molar-refractivity contribution in [2.24, 2.45) is 5.92 Å². The second-order valence-corrected chi connectivity index (χ2v) is 7.44. The summed E-state index contributed by atoms with van der Waals surface area (Å²) in [6.45, 7) is 3.14. The fourth-order valence-electron chi connectivity index (χ4n) is 3.07. The number of nitrogens with zero attached hydrogens (tertiary/aromatic N) is 1. The fourth-order valence-corrected chi connectivity index (χ4v) is 3.21. The highest BCUT2D eigenvalue weighted by Crippen LogP contribution is 2.20. The van der Waals surface area contributed by atoms with Crippen molar-refractivity contribution in [3.05, 3.63) is 54.0 Å². The summed E-state index contributed by atoms with van der Waals surface area (Å²) in [5.41, 5.74) is 5.33. The molecule has 1 aromatic carbocycles. The van der Waals surface area contributed by atoms with Gasteiger partial charge in [-0.1, -0.05) is 13.0 Å². The molecule has 1 aliphatic heterocycles. The van der Waals surface area contributed by atoms with Crippen molar-refractivity contribution >= 4 is 35.1 Å². The maximum atomic E-state index is 12.4. The average Bonchev–Trinajstić information content (AvgIpc) is 3.41. The third-order valence-corrected chi connectivity index (χ3v) is 4.81. The molecule has 3 N–H and O–H groups in total. The summed E-state index contributed by atoms with van der Waals surface area (Å²) in [5.74, 6) is -0.234. The quantitative estimate of drug-likeness (QED) is 0.441. The Morgan fingerprint density at radius 3 is 2.84 bits per heavy atom. The zero-order valence-electron chi connectivity index (χ0n) is 17.1. The maximum absolute atomic E-state index is 12.4. The molecule has 0 saturated carbocycles. The molecule has 1 unspecified atom stereocenters. The predicted molar refractivity (Wildman–Crippen MR) is 116 cm³/mol. The zero-order valence-corrected chi connectivity index (χ0v) is 17.9. The van der Waals surface area contributed by atoms with Crippen LogP contribution in [0.2, 0.25) is 0 Å². The lowest BCUT2D eigenvalue weighted by Crippen LogP contribution is -2.50. The fraction of sp³-hybridized carbons (Fsp3) is 0.333. The van der Waals surface area contributed by atoms with Gasteiger partial charge in [-0.25, -0.2) is 0 Å². The summed E-state index contributed by atoms with van der Waals surface area (Å²) in [7, 11) is 0. The van der Waals surface area contributed by atoms with Crippen LogP contribution < -0.4 is 20.9 Å². The molecule has 1 saturated heterocycles. The van der Waals surface area contributed by atoms with Gasteiger partial charge < -0.3 is 14.1 Å². The number of benzene rings is 1. The molecular formula is C21H24N4O5S. The first kappa shape index (κ1) is 22.3. The first-order valence-electron chi connectivity index (χ1n) is 9.90. The van der Waals surface area contributed by atoms with E-state index < -0.39 is 11.8 Å². The van der Waals surface area contributed by atoms with E-state index in [1.165, 1.54) is 6.26 Å². The van der Waals surface area contributed by atoms with Crippen LogP contribution in [-0.2, 0) is 16.1 Å². The molecule has 31 heavy (non-hydrogen) atoms. The molecule has 0 radical (unpaired) electrons. The van der Waals surface area contributed by atoms with Gasteiger partial charge in [0.05, 0.1) is 25.3 Å². The second-order valence-electron chi connectivity index (χ2n) is 7.03. The number of hydrazine groups is 1.